The number of benzene rings is 1. The fourth-order valence-corrected chi connectivity index (χ4v) is 1.98. The van der Waals surface area contributed by atoms with Crippen LogP contribution in [0.3, 0.4) is 0 Å². The maximum Gasteiger partial charge on any atom is 0.166 e. The molecule has 0 atom stereocenters. The smallest absolute Gasteiger partial charge is 0.166 e. The molecule has 1 aromatic heterocycles. The topological polar surface area (TPSA) is 63.8 Å². The molecule has 1 saturated carbocycles. The van der Waals surface area contributed by atoms with Crippen LogP contribution in [0.4, 0.5) is 5.82 Å². The molecule has 0 saturated heterocycles. The van der Waals surface area contributed by atoms with E-state index in [9.17, 15) is 0 Å². The molecule has 1 aromatic carbocycles. The first-order valence-electron chi connectivity index (χ1n) is 5.76. The molecule has 0 spiro atoms. The van der Waals surface area contributed by atoms with E-state index in [0.29, 0.717) is 5.82 Å². The molecular weight excluding hydrogens is 212 g/mol. The molecule has 1 aliphatic carbocycles. The first-order valence-corrected chi connectivity index (χ1v) is 5.76. The first kappa shape index (κ1) is 10.2. The molecule has 2 aromatic rings. The van der Waals surface area contributed by atoms with Crippen LogP contribution in [0.25, 0.3) is 11.3 Å². The largest absolute Gasteiger partial charge is 0.307 e. The lowest BCUT2D eigenvalue weighted by Crippen LogP contribution is -2.10. The van der Waals surface area contributed by atoms with Crippen LogP contribution in [0.5, 0.6) is 0 Å². The van der Waals surface area contributed by atoms with Gasteiger partial charge in [0.15, 0.2) is 5.82 Å². The zero-order valence-electron chi connectivity index (χ0n) is 9.43. The normalized spacial score (nSPS) is 14.6. The minimum absolute atomic E-state index is 0.603. The van der Waals surface area contributed by atoms with Crippen molar-refractivity contribution in [2.75, 3.05) is 5.43 Å². The van der Waals surface area contributed by atoms with Crippen molar-refractivity contribution < 1.29 is 0 Å². The summed E-state index contributed by atoms with van der Waals surface area (Å²) < 4.78 is 0. The number of nitrogens with one attached hydrogen (secondary N) is 1. The number of hydrazine groups is 1. The van der Waals surface area contributed by atoms with Crippen LogP contribution < -0.4 is 11.3 Å². The number of nitrogen functional groups attached to an aromatic ring is 1. The Morgan fingerprint density at radius 3 is 2.41 bits per heavy atom. The summed E-state index contributed by atoms with van der Waals surface area (Å²) in [6.07, 6.45) is 5.93. The Morgan fingerprint density at radius 2 is 1.76 bits per heavy atom. The Hall–Kier alpha value is -1.94. The fourth-order valence-electron chi connectivity index (χ4n) is 1.98. The van der Waals surface area contributed by atoms with Crippen LogP contribution in [-0.4, -0.2) is 9.97 Å². The van der Waals surface area contributed by atoms with Crippen molar-refractivity contribution in [2.24, 2.45) is 5.84 Å². The summed E-state index contributed by atoms with van der Waals surface area (Å²) in [6, 6.07) is 8.50. The highest BCUT2D eigenvalue weighted by atomic mass is 15.3. The molecule has 4 heteroatoms. The van der Waals surface area contributed by atoms with Gasteiger partial charge < -0.3 is 5.43 Å². The van der Waals surface area contributed by atoms with E-state index in [1.54, 1.807) is 12.4 Å². The highest BCUT2D eigenvalue weighted by molar-refractivity contribution is 5.70. The van der Waals surface area contributed by atoms with Gasteiger partial charge >= 0.3 is 0 Å². The molecule has 4 nitrogen and oxygen atoms in total. The molecular formula is C13H14N4. The van der Waals surface area contributed by atoms with Crippen molar-refractivity contribution in [3.05, 3.63) is 42.2 Å². The zero-order valence-corrected chi connectivity index (χ0v) is 9.43. The summed E-state index contributed by atoms with van der Waals surface area (Å²) in [5.41, 5.74) is 5.81. The third-order valence-electron chi connectivity index (χ3n) is 3.07. The second kappa shape index (κ2) is 4.14. The lowest BCUT2D eigenvalue weighted by molar-refractivity contribution is 1.13. The maximum absolute atomic E-state index is 5.42. The Kier molecular flexibility index (Phi) is 2.49. The number of hydrogen-bond acceptors (Lipinski definition) is 4. The number of nitrogens with zero attached hydrogens (tertiary/aromatic N) is 2. The van der Waals surface area contributed by atoms with Crippen molar-refractivity contribution >= 4 is 5.82 Å². The number of anilines is 1. The SMILES string of the molecule is NNc1nccnc1-c1ccc(C2CC2)cc1. The predicted molar refractivity (Wildman–Crippen MR) is 67.3 cm³/mol. The first-order chi connectivity index (χ1) is 8.38. The van der Waals surface area contributed by atoms with Crippen LogP contribution >= 0.6 is 0 Å². The fraction of sp³-hybridized carbons (Fsp3) is 0.231. The van der Waals surface area contributed by atoms with Gasteiger partial charge in [0.05, 0.1) is 0 Å². The highest BCUT2D eigenvalue weighted by Gasteiger charge is 2.23. The van der Waals surface area contributed by atoms with E-state index in [2.05, 4.69) is 39.7 Å². The summed E-state index contributed by atoms with van der Waals surface area (Å²) in [5.74, 6) is 6.80. The number of rotatable bonds is 3. The molecule has 3 N–H and O–H groups in total. The molecule has 1 heterocycles. The third kappa shape index (κ3) is 1.99. The van der Waals surface area contributed by atoms with Crippen LogP contribution in [-0.2, 0) is 0 Å². The zero-order chi connectivity index (χ0) is 11.7. The van der Waals surface area contributed by atoms with Gasteiger partial charge in [-0.2, -0.15) is 0 Å². The van der Waals surface area contributed by atoms with E-state index < -0.39 is 0 Å². The van der Waals surface area contributed by atoms with Gasteiger partial charge in [-0.25, -0.2) is 10.8 Å². The lowest BCUT2D eigenvalue weighted by Gasteiger charge is -2.07. The highest BCUT2D eigenvalue weighted by Crippen LogP contribution is 2.40. The van der Waals surface area contributed by atoms with E-state index in [-0.39, 0.29) is 0 Å². The Labute approximate surface area is 99.9 Å². The van der Waals surface area contributed by atoms with Gasteiger partial charge in [-0.15, -0.1) is 0 Å². The average Bonchev–Trinajstić information content (AvgIpc) is 3.23. The molecule has 0 aliphatic heterocycles. The van der Waals surface area contributed by atoms with Gasteiger partial charge in [0, 0.05) is 18.0 Å². The van der Waals surface area contributed by atoms with Gasteiger partial charge in [-0.05, 0) is 24.3 Å². The van der Waals surface area contributed by atoms with Gasteiger partial charge in [0.25, 0.3) is 0 Å². The Balaban J connectivity index is 1.96. The molecule has 3 rings (SSSR count). The molecule has 1 aliphatic rings. The minimum atomic E-state index is 0.603. The van der Waals surface area contributed by atoms with Crippen LogP contribution in [0.15, 0.2) is 36.7 Å². The second-order valence-electron chi connectivity index (χ2n) is 4.29. The van der Waals surface area contributed by atoms with Crippen molar-refractivity contribution in [3.8, 4) is 11.3 Å². The standard InChI is InChI=1S/C13H14N4/c14-17-13-12(15-7-8-16-13)11-5-3-10(4-6-11)9-1-2-9/h3-9H,1-2,14H2,(H,16,17). The summed E-state index contributed by atoms with van der Waals surface area (Å²) in [6.45, 7) is 0. The van der Waals surface area contributed by atoms with Crippen molar-refractivity contribution in [2.45, 2.75) is 18.8 Å². The van der Waals surface area contributed by atoms with E-state index in [1.165, 1.54) is 18.4 Å². The van der Waals surface area contributed by atoms with E-state index >= 15 is 0 Å². The Morgan fingerprint density at radius 1 is 1.06 bits per heavy atom. The van der Waals surface area contributed by atoms with Gasteiger partial charge in [-0.3, -0.25) is 4.98 Å². The molecule has 0 amide bonds. The molecule has 17 heavy (non-hydrogen) atoms. The van der Waals surface area contributed by atoms with Gasteiger partial charge in [0.2, 0.25) is 0 Å². The lowest BCUT2D eigenvalue weighted by atomic mass is 10.1. The van der Waals surface area contributed by atoms with E-state index in [4.69, 9.17) is 5.84 Å². The second-order valence-corrected chi connectivity index (χ2v) is 4.29. The van der Waals surface area contributed by atoms with Gasteiger partial charge in [0.1, 0.15) is 5.69 Å². The Bertz CT molecular complexity index is 517. The third-order valence-corrected chi connectivity index (χ3v) is 3.07. The van der Waals surface area contributed by atoms with Crippen molar-refractivity contribution in [1.29, 1.82) is 0 Å². The monoisotopic (exact) mass is 226 g/mol. The molecule has 1 fully saturated rings. The molecule has 0 radical (unpaired) electrons. The van der Waals surface area contributed by atoms with E-state index in [1.807, 2.05) is 0 Å². The van der Waals surface area contributed by atoms with Crippen molar-refractivity contribution in [3.63, 3.8) is 0 Å². The van der Waals surface area contributed by atoms with Gasteiger partial charge in [-0.1, -0.05) is 24.3 Å². The molecule has 86 valence electrons. The summed E-state index contributed by atoms with van der Waals surface area (Å²) in [5, 5.41) is 0. The number of nitrogens with two attached hydrogens (primary N) is 1. The molecule has 0 bridgehead atoms. The van der Waals surface area contributed by atoms with Crippen LogP contribution in [0.1, 0.15) is 24.3 Å². The van der Waals surface area contributed by atoms with Crippen LogP contribution in [0, 0.1) is 0 Å². The predicted octanol–water partition coefficient (Wildman–Crippen LogP) is 2.31. The summed E-state index contributed by atoms with van der Waals surface area (Å²) >= 11 is 0. The maximum atomic E-state index is 5.42. The average molecular weight is 226 g/mol. The quantitative estimate of drug-likeness (QED) is 0.622. The molecule has 0 unspecified atom stereocenters. The summed E-state index contributed by atoms with van der Waals surface area (Å²) in [4.78, 5) is 8.45. The summed E-state index contributed by atoms with van der Waals surface area (Å²) in [7, 11) is 0. The van der Waals surface area contributed by atoms with E-state index in [0.717, 1.165) is 17.2 Å². The number of hydrogen-bond donors (Lipinski definition) is 2. The van der Waals surface area contributed by atoms with Crippen LogP contribution in [0.2, 0.25) is 0 Å². The van der Waals surface area contributed by atoms with Crippen molar-refractivity contribution in [1.82, 2.24) is 9.97 Å². The minimum Gasteiger partial charge on any atom is -0.307 e. The number of aromatic nitrogens is 2.